The van der Waals surface area contributed by atoms with Crippen LogP contribution in [-0.4, -0.2) is 7.05 Å². The Morgan fingerprint density at radius 2 is 0.909 bits per heavy atom. The average Bonchev–Trinajstić information content (AvgIpc) is 3.27. The number of nitrogens with zero attached hydrogens (tertiary/aromatic N) is 1. The third-order valence-electron chi connectivity index (χ3n) is 9.66. The summed E-state index contributed by atoms with van der Waals surface area (Å²) in [7, 11) is 2.17. The summed E-state index contributed by atoms with van der Waals surface area (Å²) in [6, 6.07) is 47.2. The van der Waals surface area contributed by atoms with Gasteiger partial charge in [0, 0.05) is 23.8 Å². The van der Waals surface area contributed by atoms with E-state index in [1.165, 1.54) is 83.7 Å². The van der Waals surface area contributed by atoms with Crippen LogP contribution in [0.25, 0.3) is 44.5 Å². The number of fused-ring (bicyclic) bond motifs is 3. The van der Waals surface area contributed by atoms with E-state index in [4.69, 9.17) is 0 Å². The maximum atomic E-state index is 2.38. The smallest absolute Gasteiger partial charge is 0.0411 e. The van der Waals surface area contributed by atoms with Crippen LogP contribution in [0.15, 0.2) is 127 Å². The van der Waals surface area contributed by atoms with Crippen molar-refractivity contribution in [3.8, 4) is 44.5 Å². The van der Waals surface area contributed by atoms with E-state index in [2.05, 4.69) is 174 Å². The van der Waals surface area contributed by atoms with E-state index in [-0.39, 0.29) is 5.41 Å². The molecule has 6 aromatic rings. The normalized spacial score (nSPS) is 13.0. The van der Waals surface area contributed by atoms with Gasteiger partial charge in [-0.2, -0.15) is 0 Å². The number of benzene rings is 6. The lowest BCUT2D eigenvalue weighted by Crippen LogP contribution is -2.16. The van der Waals surface area contributed by atoms with Gasteiger partial charge in [0.15, 0.2) is 0 Å². The highest BCUT2D eigenvalue weighted by Gasteiger charge is 2.35. The van der Waals surface area contributed by atoms with E-state index >= 15 is 0 Å². The van der Waals surface area contributed by atoms with Gasteiger partial charge >= 0.3 is 0 Å². The van der Waals surface area contributed by atoms with Crippen LogP contribution in [0.1, 0.15) is 41.7 Å². The van der Waals surface area contributed by atoms with Crippen LogP contribution in [0.5, 0.6) is 0 Å². The third kappa shape index (κ3) is 4.74. The summed E-state index contributed by atoms with van der Waals surface area (Å²) in [6.45, 7) is 11.2. The van der Waals surface area contributed by atoms with Crippen molar-refractivity contribution in [2.75, 3.05) is 11.9 Å². The first-order valence-electron chi connectivity index (χ1n) is 15.6. The first kappa shape index (κ1) is 27.9. The molecule has 0 fully saturated rings. The van der Waals surface area contributed by atoms with Gasteiger partial charge in [-0.05, 0) is 112 Å². The van der Waals surface area contributed by atoms with Gasteiger partial charge in [0.2, 0.25) is 0 Å². The molecular weight excluding hydrogens is 530 g/mol. The summed E-state index contributed by atoms with van der Waals surface area (Å²) in [5.74, 6) is 0. The molecule has 7 rings (SSSR count). The van der Waals surface area contributed by atoms with Crippen molar-refractivity contribution in [2.45, 2.75) is 40.0 Å². The molecule has 0 spiro atoms. The Morgan fingerprint density at radius 1 is 0.432 bits per heavy atom. The Morgan fingerprint density at radius 3 is 1.50 bits per heavy atom. The monoisotopic (exact) mass is 569 g/mol. The topological polar surface area (TPSA) is 3.24 Å². The summed E-state index contributed by atoms with van der Waals surface area (Å²) in [5, 5.41) is 0. The molecule has 0 saturated carbocycles. The van der Waals surface area contributed by atoms with Gasteiger partial charge in [-0.1, -0.05) is 123 Å². The number of hydrogen-bond donors (Lipinski definition) is 0. The molecule has 0 atom stereocenters. The van der Waals surface area contributed by atoms with Gasteiger partial charge in [0.1, 0.15) is 0 Å². The predicted molar refractivity (Wildman–Crippen MR) is 189 cm³/mol. The van der Waals surface area contributed by atoms with Crippen molar-refractivity contribution in [3.05, 3.63) is 155 Å². The minimum Gasteiger partial charge on any atom is -0.345 e. The van der Waals surface area contributed by atoms with E-state index in [9.17, 15) is 0 Å². The molecule has 0 bridgehead atoms. The highest BCUT2D eigenvalue weighted by molar-refractivity contribution is 5.84. The first-order chi connectivity index (χ1) is 21.2. The molecule has 0 radical (unpaired) electrons. The van der Waals surface area contributed by atoms with E-state index in [1.54, 1.807) is 0 Å². The molecular formula is C43H39N. The second-order valence-electron chi connectivity index (χ2n) is 12.9. The second kappa shape index (κ2) is 10.7. The van der Waals surface area contributed by atoms with Crippen molar-refractivity contribution in [3.63, 3.8) is 0 Å². The number of rotatable bonds is 5. The molecule has 44 heavy (non-hydrogen) atoms. The minimum atomic E-state index is -0.00309. The Bertz CT molecular complexity index is 2010. The maximum absolute atomic E-state index is 2.38. The van der Waals surface area contributed by atoms with E-state index in [0.717, 1.165) is 0 Å². The first-order valence-corrected chi connectivity index (χ1v) is 15.6. The lowest BCUT2D eigenvalue weighted by molar-refractivity contribution is 0.660. The quantitative estimate of drug-likeness (QED) is 0.200. The molecule has 1 aliphatic rings. The summed E-state index contributed by atoms with van der Waals surface area (Å²) in [6.07, 6.45) is 0. The molecule has 0 N–H and O–H groups in total. The van der Waals surface area contributed by atoms with Crippen molar-refractivity contribution in [2.24, 2.45) is 0 Å². The Labute approximate surface area is 262 Å². The zero-order valence-electron chi connectivity index (χ0n) is 26.6. The Hall–Kier alpha value is -4.88. The molecule has 0 aliphatic heterocycles. The standard InChI is InChI=1S/C43H39N/c1-28-11-22-37(29(2)25-28)33-16-12-31(13-17-33)32-14-18-34(19-15-32)38-23-20-35(26-30(38)3)44(6)36-21-24-40-39-9-7-8-10-41(39)43(4,5)42(40)27-36/h7-27H,1-6H3. The fraction of sp³-hybridized carbons (Fsp3) is 0.163. The summed E-state index contributed by atoms with van der Waals surface area (Å²) < 4.78 is 0. The number of anilines is 2. The van der Waals surface area contributed by atoms with Crippen molar-refractivity contribution >= 4 is 11.4 Å². The molecule has 1 aliphatic carbocycles. The molecule has 216 valence electrons. The third-order valence-corrected chi connectivity index (χ3v) is 9.66. The van der Waals surface area contributed by atoms with E-state index < -0.39 is 0 Å². The van der Waals surface area contributed by atoms with Crippen LogP contribution >= 0.6 is 0 Å². The fourth-order valence-corrected chi connectivity index (χ4v) is 7.05. The van der Waals surface area contributed by atoms with Crippen molar-refractivity contribution in [1.82, 2.24) is 0 Å². The molecule has 0 saturated heterocycles. The van der Waals surface area contributed by atoms with Crippen LogP contribution in [0.3, 0.4) is 0 Å². The lowest BCUT2D eigenvalue weighted by atomic mass is 9.82. The maximum Gasteiger partial charge on any atom is 0.0411 e. The van der Waals surface area contributed by atoms with Crippen LogP contribution in [-0.2, 0) is 5.41 Å². The SMILES string of the molecule is Cc1ccc(-c2ccc(-c3ccc(-c4ccc(N(C)c5ccc6c(c5)C(C)(C)c5ccccc5-6)cc4C)cc3)cc2)c(C)c1. The Balaban J connectivity index is 1.11. The highest BCUT2D eigenvalue weighted by Crippen LogP contribution is 2.49. The van der Waals surface area contributed by atoms with Crippen molar-refractivity contribution < 1.29 is 0 Å². The van der Waals surface area contributed by atoms with Gasteiger partial charge in [-0.3, -0.25) is 0 Å². The van der Waals surface area contributed by atoms with Crippen LogP contribution in [0, 0.1) is 20.8 Å². The van der Waals surface area contributed by atoms with Crippen molar-refractivity contribution in [1.29, 1.82) is 0 Å². The molecule has 0 amide bonds. The summed E-state index contributed by atoms with van der Waals surface area (Å²) >= 11 is 0. The molecule has 1 nitrogen and oxygen atoms in total. The summed E-state index contributed by atoms with van der Waals surface area (Å²) in [5.41, 5.74) is 19.4. The highest BCUT2D eigenvalue weighted by atomic mass is 15.1. The largest absolute Gasteiger partial charge is 0.345 e. The molecule has 0 aromatic heterocycles. The van der Waals surface area contributed by atoms with Gasteiger partial charge in [0.05, 0.1) is 0 Å². The van der Waals surface area contributed by atoms with Gasteiger partial charge < -0.3 is 4.90 Å². The molecule has 0 unspecified atom stereocenters. The fourth-order valence-electron chi connectivity index (χ4n) is 7.05. The van der Waals surface area contributed by atoms with E-state index in [1.807, 2.05) is 0 Å². The molecule has 1 heteroatoms. The van der Waals surface area contributed by atoms with Crippen LogP contribution < -0.4 is 4.90 Å². The van der Waals surface area contributed by atoms with Gasteiger partial charge in [-0.25, -0.2) is 0 Å². The zero-order valence-corrected chi connectivity index (χ0v) is 26.6. The molecule has 0 heterocycles. The van der Waals surface area contributed by atoms with Crippen LogP contribution in [0.4, 0.5) is 11.4 Å². The van der Waals surface area contributed by atoms with Gasteiger partial charge in [-0.15, -0.1) is 0 Å². The summed E-state index contributed by atoms with van der Waals surface area (Å²) in [4.78, 5) is 2.31. The van der Waals surface area contributed by atoms with Gasteiger partial charge in [0.25, 0.3) is 0 Å². The number of hydrogen-bond acceptors (Lipinski definition) is 1. The minimum absolute atomic E-state index is 0.00309. The molecule has 6 aromatic carbocycles. The Kier molecular flexibility index (Phi) is 6.78. The van der Waals surface area contributed by atoms with E-state index in [0.29, 0.717) is 0 Å². The lowest BCUT2D eigenvalue weighted by Gasteiger charge is -2.25. The predicted octanol–water partition coefficient (Wildman–Crippen LogP) is 11.7. The van der Waals surface area contributed by atoms with Crippen LogP contribution in [0.2, 0.25) is 0 Å². The second-order valence-corrected chi connectivity index (χ2v) is 12.9. The average molecular weight is 570 g/mol. The zero-order chi connectivity index (χ0) is 30.6. The number of aryl methyl sites for hydroxylation is 3.